The van der Waals surface area contributed by atoms with Gasteiger partial charge in [-0.05, 0) is 20.8 Å². The lowest BCUT2D eigenvalue weighted by Crippen LogP contribution is -2.35. The summed E-state index contributed by atoms with van der Waals surface area (Å²) in [6, 6.07) is 0. The zero-order valence-electron chi connectivity index (χ0n) is 13.0. The molecule has 1 aromatic heterocycles. The van der Waals surface area contributed by atoms with Crippen molar-refractivity contribution in [3.63, 3.8) is 0 Å². The van der Waals surface area contributed by atoms with Gasteiger partial charge in [0.2, 0.25) is 5.13 Å². The number of carbonyl (C=O) groups is 1. The number of hydrogen-bond acceptors (Lipinski definition) is 6. The molecule has 0 bridgehead atoms. The first kappa shape index (κ1) is 16.7. The van der Waals surface area contributed by atoms with E-state index in [2.05, 4.69) is 40.8 Å². The molecule has 0 saturated heterocycles. The molecule has 0 aliphatic rings. The third-order valence-corrected chi connectivity index (χ3v) is 2.84. The lowest BCUT2D eigenvalue weighted by atomic mass is 9.96. The van der Waals surface area contributed by atoms with Crippen LogP contribution in [-0.2, 0) is 10.2 Å². The molecule has 0 aliphatic heterocycles. The Balaban J connectivity index is 2.28. The Bertz CT molecular complexity index is 446. The fourth-order valence-corrected chi connectivity index (χ4v) is 2.03. The predicted octanol–water partition coefficient (Wildman–Crippen LogP) is 2.77. The molecular formula is C13H24N4O2S. The second-order valence-corrected chi connectivity index (χ2v) is 7.28. The SMILES string of the molecule is CC(C)(C)OC(=O)NCCNc1nc(C(C)(C)C)ns1. The van der Waals surface area contributed by atoms with Gasteiger partial charge in [0.15, 0.2) is 0 Å². The second-order valence-electron chi connectivity index (χ2n) is 6.53. The zero-order chi connectivity index (χ0) is 15.4. The summed E-state index contributed by atoms with van der Waals surface area (Å²) in [6.45, 7) is 12.8. The van der Waals surface area contributed by atoms with Crippen molar-refractivity contribution in [3.05, 3.63) is 5.82 Å². The number of amides is 1. The van der Waals surface area contributed by atoms with Gasteiger partial charge in [-0.2, -0.15) is 4.37 Å². The molecule has 0 fully saturated rings. The topological polar surface area (TPSA) is 76.1 Å². The number of anilines is 1. The van der Waals surface area contributed by atoms with Crippen molar-refractivity contribution in [1.82, 2.24) is 14.7 Å². The number of nitrogens with zero attached hydrogens (tertiary/aromatic N) is 2. The van der Waals surface area contributed by atoms with E-state index < -0.39 is 11.7 Å². The molecule has 1 amide bonds. The van der Waals surface area contributed by atoms with Gasteiger partial charge < -0.3 is 15.4 Å². The van der Waals surface area contributed by atoms with Gasteiger partial charge in [0.25, 0.3) is 0 Å². The second kappa shape index (κ2) is 6.39. The van der Waals surface area contributed by atoms with Crippen molar-refractivity contribution >= 4 is 22.8 Å². The number of aromatic nitrogens is 2. The Hall–Kier alpha value is -1.37. The molecule has 1 rings (SSSR count). The Kier molecular flexibility index (Phi) is 5.33. The van der Waals surface area contributed by atoms with Crippen molar-refractivity contribution in [1.29, 1.82) is 0 Å². The lowest BCUT2D eigenvalue weighted by Gasteiger charge is -2.19. The minimum atomic E-state index is -0.474. The Morgan fingerprint density at radius 3 is 2.35 bits per heavy atom. The van der Waals surface area contributed by atoms with Crippen LogP contribution in [0.4, 0.5) is 9.93 Å². The van der Waals surface area contributed by atoms with Crippen LogP contribution < -0.4 is 10.6 Å². The van der Waals surface area contributed by atoms with Crippen molar-refractivity contribution in [2.24, 2.45) is 0 Å². The normalized spacial score (nSPS) is 12.1. The summed E-state index contributed by atoms with van der Waals surface area (Å²) in [5.41, 5.74) is -0.524. The van der Waals surface area contributed by atoms with Crippen LogP contribution in [-0.4, -0.2) is 34.1 Å². The van der Waals surface area contributed by atoms with Gasteiger partial charge in [0, 0.05) is 30.0 Å². The van der Waals surface area contributed by atoms with Crippen LogP contribution in [0.3, 0.4) is 0 Å². The van der Waals surface area contributed by atoms with E-state index in [1.807, 2.05) is 20.8 Å². The Morgan fingerprint density at radius 1 is 1.20 bits per heavy atom. The van der Waals surface area contributed by atoms with Gasteiger partial charge in [0.1, 0.15) is 11.4 Å². The van der Waals surface area contributed by atoms with Crippen LogP contribution in [0, 0.1) is 0 Å². The van der Waals surface area contributed by atoms with Crippen LogP contribution in [0.5, 0.6) is 0 Å². The van der Waals surface area contributed by atoms with E-state index in [0.29, 0.717) is 13.1 Å². The third kappa shape index (κ3) is 6.18. The van der Waals surface area contributed by atoms with Gasteiger partial charge in [-0.3, -0.25) is 0 Å². The van der Waals surface area contributed by atoms with E-state index in [-0.39, 0.29) is 5.41 Å². The van der Waals surface area contributed by atoms with Crippen molar-refractivity contribution in [3.8, 4) is 0 Å². The summed E-state index contributed by atoms with van der Waals surface area (Å²) in [7, 11) is 0. The maximum atomic E-state index is 11.4. The van der Waals surface area contributed by atoms with Crippen LogP contribution in [0.2, 0.25) is 0 Å². The summed E-state index contributed by atoms with van der Waals surface area (Å²) >= 11 is 1.33. The molecule has 0 aromatic carbocycles. The maximum Gasteiger partial charge on any atom is 0.407 e. The highest BCUT2D eigenvalue weighted by Gasteiger charge is 2.19. The lowest BCUT2D eigenvalue weighted by molar-refractivity contribution is 0.0530. The number of hydrogen-bond donors (Lipinski definition) is 2. The molecule has 6 nitrogen and oxygen atoms in total. The summed E-state index contributed by atoms with van der Waals surface area (Å²) in [6.07, 6.45) is -0.410. The van der Waals surface area contributed by atoms with Crippen LogP contribution >= 0.6 is 11.5 Å². The van der Waals surface area contributed by atoms with Gasteiger partial charge in [-0.1, -0.05) is 20.8 Å². The Labute approximate surface area is 124 Å². The summed E-state index contributed by atoms with van der Waals surface area (Å²) in [5, 5.41) is 6.57. The molecule has 0 unspecified atom stereocenters. The highest BCUT2D eigenvalue weighted by atomic mass is 32.1. The molecule has 1 aromatic rings. The molecule has 7 heteroatoms. The van der Waals surface area contributed by atoms with E-state index in [1.54, 1.807) is 0 Å². The molecule has 20 heavy (non-hydrogen) atoms. The largest absolute Gasteiger partial charge is 0.444 e. The van der Waals surface area contributed by atoms with E-state index in [9.17, 15) is 4.79 Å². The fourth-order valence-electron chi connectivity index (χ4n) is 1.25. The van der Waals surface area contributed by atoms with Crippen molar-refractivity contribution < 1.29 is 9.53 Å². The Morgan fingerprint density at radius 2 is 1.85 bits per heavy atom. The number of alkyl carbamates (subject to hydrolysis) is 1. The quantitative estimate of drug-likeness (QED) is 0.836. The minimum Gasteiger partial charge on any atom is -0.444 e. The molecule has 0 atom stereocenters. The molecule has 0 radical (unpaired) electrons. The monoisotopic (exact) mass is 300 g/mol. The molecule has 0 aliphatic carbocycles. The molecule has 0 spiro atoms. The highest BCUT2D eigenvalue weighted by Crippen LogP contribution is 2.22. The van der Waals surface area contributed by atoms with Gasteiger partial charge in [-0.25, -0.2) is 9.78 Å². The number of carbonyl (C=O) groups excluding carboxylic acids is 1. The molecule has 0 saturated carbocycles. The smallest absolute Gasteiger partial charge is 0.407 e. The summed E-state index contributed by atoms with van der Waals surface area (Å²) in [5.74, 6) is 0.824. The number of rotatable bonds is 4. The standard InChI is InChI=1S/C13H24N4O2S/c1-12(2,3)9-16-10(20-17-9)14-7-8-15-11(18)19-13(4,5)6/h7-8H2,1-6H3,(H,15,18)(H,14,16,17). The third-order valence-electron chi connectivity index (χ3n) is 2.17. The van der Waals surface area contributed by atoms with Crippen LogP contribution in [0.15, 0.2) is 0 Å². The first-order chi connectivity index (χ1) is 9.08. The van der Waals surface area contributed by atoms with E-state index in [4.69, 9.17) is 4.74 Å². The first-order valence-corrected chi connectivity index (χ1v) is 7.40. The van der Waals surface area contributed by atoms with Gasteiger partial charge in [-0.15, -0.1) is 0 Å². The number of nitrogens with one attached hydrogen (secondary N) is 2. The average Bonchev–Trinajstić information content (AvgIpc) is 2.70. The maximum absolute atomic E-state index is 11.4. The molecule has 1 heterocycles. The van der Waals surface area contributed by atoms with Crippen molar-refractivity contribution in [2.75, 3.05) is 18.4 Å². The van der Waals surface area contributed by atoms with Gasteiger partial charge >= 0.3 is 6.09 Å². The van der Waals surface area contributed by atoms with Crippen LogP contribution in [0.25, 0.3) is 0 Å². The predicted molar refractivity (Wildman–Crippen MR) is 81.3 cm³/mol. The fraction of sp³-hybridized carbons (Fsp3) is 0.769. The molecular weight excluding hydrogens is 276 g/mol. The highest BCUT2D eigenvalue weighted by molar-refractivity contribution is 7.09. The van der Waals surface area contributed by atoms with Gasteiger partial charge in [0.05, 0.1) is 0 Å². The van der Waals surface area contributed by atoms with Crippen molar-refractivity contribution in [2.45, 2.75) is 52.6 Å². The first-order valence-electron chi connectivity index (χ1n) is 6.63. The van der Waals surface area contributed by atoms with E-state index in [1.165, 1.54) is 11.5 Å². The molecule has 2 N–H and O–H groups in total. The van der Waals surface area contributed by atoms with Crippen LogP contribution in [0.1, 0.15) is 47.4 Å². The number of ether oxygens (including phenoxy) is 1. The summed E-state index contributed by atoms with van der Waals surface area (Å²) < 4.78 is 9.44. The average molecular weight is 300 g/mol. The zero-order valence-corrected chi connectivity index (χ0v) is 13.8. The summed E-state index contributed by atoms with van der Waals surface area (Å²) in [4.78, 5) is 15.8. The van der Waals surface area contributed by atoms with E-state index in [0.717, 1.165) is 11.0 Å². The van der Waals surface area contributed by atoms with E-state index >= 15 is 0 Å². The molecule has 114 valence electrons. The minimum absolute atomic E-state index is 0.0504.